The number of carbonyl (C=O) groups is 1. The molecule has 2 atom stereocenters. The van der Waals surface area contributed by atoms with Crippen molar-refractivity contribution >= 4 is 22.5 Å². The third-order valence-electron chi connectivity index (χ3n) is 7.85. The van der Waals surface area contributed by atoms with Crippen LogP contribution in [0.1, 0.15) is 44.6 Å². The lowest BCUT2D eigenvalue weighted by Crippen LogP contribution is -2.45. The third kappa shape index (κ3) is 2.97. The quantitative estimate of drug-likeness (QED) is 0.757. The highest BCUT2D eigenvalue weighted by Gasteiger charge is 2.86. The molecule has 1 N–H and O–H groups in total. The van der Waals surface area contributed by atoms with Crippen LogP contribution in [-0.2, 0) is 4.79 Å². The van der Waals surface area contributed by atoms with Crippen LogP contribution in [0.15, 0.2) is 30.5 Å². The highest BCUT2D eigenvalue weighted by atomic mass is 19.4. The van der Waals surface area contributed by atoms with Gasteiger partial charge in [0.05, 0.1) is 16.5 Å². The van der Waals surface area contributed by atoms with Crippen molar-refractivity contribution in [1.29, 1.82) is 5.26 Å². The van der Waals surface area contributed by atoms with E-state index >= 15 is 0 Å². The number of benzene rings is 1. The first-order valence-electron chi connectivity index (χ1n) is 11.1. The number of alkyl halides is 3. The van der Waals surface area contributed by atoms with E-state index in [9.17, 15) is 23.2 Å². The van der Waals surface area contributed by atoms with Gasteiger partial charge in [-0.2, -0.15) is 18.4 Å². The molecule has 0 radical (unpaired) electrons. The summed E-state index contributed by atoms with van der Waals surface area (Å²) in [5.74, 6) is 0.129. The summed E-state index contributed by atoms with van der Waals surface area (Å²) in [6, 6.07) is 8.77. The SMILES string of the molecule is CC1CCC(NC(=O)C23CN(c4ccc(C#N)c5ncccc45)CC2(C(F)(F)F)C3)CC1. The van der Waals surface area contributed by atoms with E-state index in [-0.39, 0.29) is 25.6 Å². The summed E-state index contributed by atoms with van der Waals surface area (Å²) in [6.45, 7) is 1.91. The molecule has 1 aliphatic heterocycles. The maximum atomic E-state index is 14.3. The Balaban J connectivity index is 1.47. The Morgan fingerprint density at radius 1 is 1.22 bits per heavy atom. The number of anilines is 1. The van der Waals surface area contributed by atoms with Crippen LogP contribution in [-0.4, -0.2) is 36.2 Å². The van der Waals surface area contributed by atoms with Gasteiger partial charge >= 0.3 is 6.18 Å². The Kier molecular flexibility index (Phi) is 4.66. The van der Waals surface area contributed by atoms with Gasteiger partial charge in [-0.25, -0.2) is 0 Å². The number of pyridine rings is 1. The van der Waals surface area contributed by atoms with Gasteiger partial charge < -0.3 is 10.2 Å². The Labute approximate surface area is 184 Å². The lowest BCUT2D eigenvalue weighted by atomic mass is 9.86. The molecule has 1 aromatic heterocycles. The smallest absolute Gasteiger partial charge is 0.369 e. The summed E-state index contributed by atoms with van der Waals surface area (Å²) in [5.41, 5.74) is -2.07. The number of hydrogen-bond acceptors (Lipinski definition) is 4. The van der Waals surface area contributed by atoms with E-state index in [0.29, 0.717) is 28.1 Å². The monoisotopic (exact) mass is 442 g/mol. The van der Waals surface area contributed by atoms with Crippen molar-refractivity contribution in [1.82, 2.24) is 10.3 Å². The maximum absolute atomic E-state index is 14.3. The minimum absolute atomic E-state index is 0.0113. The topological polar surface area (TPSA) is 69.0 Å². The number of amides is 1. The molecule has 1 aromatic carbocycles. The number of hydrogen-bond donors (Lipinski definition) is 1. The Bertz CT molecular complexity index is 1120. The average Bonchev–Trinajstić information content (AvgIpc) is 3.32. The summed E-state index contributed by atoms with van der Waals surface area (Å²) in [4.78, 5) is 19.2. The van der Waals surface area contributed by atoms with Crippen LogP contribution in [0.5, 0.6) is 0 Å². The fourth-order valence-electron chi connectivity index (χ4n) is 5.85. The summed E-state index contributed by atoms with van der Waals surface area (Å²) in [7, 11) is 0. The number of nitrogens with one attached hydrogen (secondary N) is 1. The van der Waals surface area contributed by atoms with Gasteiger partial charge in [-0.3, -0.25) is 9.78 Å². The van der Waals surface area contributed by atoms with Gasteiger partial charge in [0.25, 0.3) is 0 Å². The van der Waals surface area contributed by atoms with E-state index < -0.39 is 22.9 Å². The van der Waals surface area contributed by atoms with Crippen LogP contribution in [0.4, 0.5) is 18.9 Å². The van der Waals surface area contributed by atoms with Crippen LogP contribution in [0.25, 0.3) is 10.9 Å². The molecule has 2 aromatic rings. The first kappa shape index (κ1) is 21.0. The van der Waals surface area contributed by atoms with Gasteiger partial charge in [0.15, 0.2) is 0 Å². The zero-order valence-electron chi connectivity index (χ0n) is 17.9. The molecule has 3 aliphatic rings. The Morgan fingerprint density at radius 2 is 1.97 bits per heavy atom. The van der Waals surface area contributed by atoms with Crippen LogP contribution in [0.3, 0.4) is 0 Å². The van der Waals surface area contributed by atoms with Crippen LogP contribution in [0.2, 0.25) is 0 Å². The van der Waals surface area contributed by atoms with Crippen LogP contribution < -0.4 is 10.2 Å². The predicted octanol–water partition coefficient (Wildman–Crippen LogP) is 4.56. The molecule has 2 heterocycles. The number of halogens is 3. The lowest BCUT2D eigenvalue weighted by molar-refractivity contribution is -0.191. The number of carbonyl (C=O) groups excluding carboxylic acids is 1. The van der Waals surface area contributed by atoms with Crippen molar-refractivity contribution in [2.45, 2.75) is 51.2 Å². The van der Waals surface area contributed by atoms with Gasteiger partial charge in [-0.1, -0.05) is 6.92 Å². The van der Waals surface area contributed by atoms with E-state index in [4.69, 9.17) is 0 Å². The van der Waals surface area contributed by atoms with Crippen molar-refractivity contribution in [3.63, 3.8) is 0 Å². The molecule has 5 rings (SSSR count). The number of nitrogens with zero attached hydrogens (tertiary/aromatic N) is 3. The number of piperidine rings is 1. The molecule has 32 heavy (non-hydrogen) atoms. The van der Waals surface area contributed by atoms with Crippen LogP contribution >= 0.6 is 0 Å². The lowest BCUT2D eigenvalue weighted by Gasteiger charge is -2.29. The number of nitriles is 1. The standard InChI is InChI=1S/C24H25F3N4O/c1-15-4-7-17(8-5-15)30-21(32)22-12-23(22,24(25,26)27)14-31(13-22)19-9-6-16(11-28)20-18(19)3-2-10-29-20/h2-3,6,9-10,15,17H,4-5,7-8,12-14H2,1H3,(H,30,32). The summed E-state index contributed by atoms with van der Waals surface area (Å²) in [5, 5.41) is 13.0. The average molecular weight is 442 g/mol. The number of rotatable bonds is 3. The molecule has 2 saturated carbocycles. The fraction of sp³-hybridized carbons (Fsp3) is 0.542. The van der Waals surface area contributed by atoms with E-state index in [2.05, 4.69) is 23.3 Å². The normalized spacial score (nSPS) is 31.8. The molecule has 3 fully saturated rings. The zero-order chi connectivity index (χ0) is 22.7. The molecule has 1 amide bonds. The zero-order valence-corrected chi connectivity index (χ0v) is 17.9. The number of fused-ring (bicyclic) bond motifs is 2. The van der Waals surface area contributed by atoms with Crippen LogP contribution in [0, 0.1) is 28.1 Å². The molecular weight excluding hydrogens is 417 g/mol. The van der Waals surface area contributed by atoms with E-state index in [1.165, 1.54) is 0 Å². The molecular formula is C24H25F3N4O. The van der Waals surface area contributed by atoms with Gasteiger partial charge in [0, 0.05) is 36.4 Å². The second kappa shape index (κ2) is 7.09. The molecule has 2 aliphatic carbocycles. The van der Waals surface area contributed by atoms with Crippen molar-refractivity contribution in [2.24, 2.45) is 16.7 Å². The molecule has 5 nitrogen and oxygen atoms in total. The summed E-state index contributed by atoms with van der Waals surface area (Å²) >= 11 is 0. The Hall–Kier alpha value is -2.82. The largest absolute Gasteiger partial charge is 0.397 e. The van der Waals surface area contributed by atoms with Crippen molar-refractivity contribution in [3.05, 3.63) is 36.0 Å². The summed E-state index contributed by atoms with van der Waals surface area (Å²) in [6.07, 6.45) is 0.528. The highest BCUT2D eigenvalue weighted by Crippen LogP contribution is 2.75. The second-order valence-electron chi connectivity index (χ2n) is 9.77. The summed E-state index contributed by atoms with van der Waals surface area (Å²) < 4.78 is 42.8. The molecule has 168 valence electrons. The number of aromatic nitrogens is 1. The van der Waals surface area contributed by atoms with Gasteiger partial charge in [-0.15, -0.1) is 0 Å². The third-order valence-corrected chi connectivity index (χ3v) is 7.85. The van der Waals surface area contributed by atoms with Gasteiger partial charge in [0.1, 0.15) is 11.5 Å². The van der Waals surface area contributed by atoms with Crippen molar-refractivity contribution < 1.29 is 18.0 Å². The predicted molar refractivity (Wildman–Crippen MR) is 114 cm³/mol. The van der Waals surface area contributed by atoms with Gasteiger partial charge in [0.2, 0.25) is 5.91 Å². The van der Waals surface area contributed by atoms with Gasteiger partial charge in [-0.05, 0) is 62.3 Å². The Morgan fingerprint density at radius 3 is 2.66 bits per heavy atom. The molecule has 0 spiro atoms. The van der Waals surface area contributed by atoms with E-state index in [0.717, 1.165) is 25.7 Å². The molecule has 8 heteroatoms. The molecule has 0 bridgehead atoms. The first-order valence-corrected chi connectivity index (χ1v) is 11.1. The first-order chi connectivity index (χ1) is 15.2. The van der Waals surface area contributed by atoms with E-state index in [1.54, 1.807) is 35.4 Å². The molecule has 1 saturated heterocycles. The van der Waals surface area contributed by atoms with Crippen molar-refractivity contribution in [3.8, 4) is 6.07 Å². The highest BCUT2D eigenvalue weighted by molar-refractivity contribution is 5.97. The minimum Gasteiger partial charge on any atom is -0.369 e. The van der Waals surface area contributed by atoms with Crippen molar-refractivity contribution in [2.75, 3.05) is 18.0 Å². The van der Waals surface area contributed by atoms with E-state index in [1.807, 2.05) is 0 Å². The fourth-order valence-corrected chi connectivity index (χ4v) is 5.85. The second-order valence-corrected chi connectivity index (χ2v) is 9.77. The molecule has 2 unspecified atom stereocenters. The minimum atomic E-state index is -4.47. The maximum Gasteiger partial charge on any atom is 0.397 e.